The molecule has 1 aromatic carbocycles. The number of carbonyl (C=O) groups excluding carboxylic acids is 1. The van der Waals surface area contributed by atoms with Crippen LogP contribution in [0.3, 0.4) is 0 Å². The van der Waals surface area contributed by atoms with Crippen molar-refractivity contribution in [3.8, 4) is 5.75 Å². The minimum atomic E-state index is -0.0588. The quantitative estimate of drug-likeness (QED) is 0.758. The van der Waals surface area contributed by atoms with Crippen LogP contribution < -0.4 is 9.64 Å². The van der Waals surface area contributed by atoms with Crippen LogP contribution >= 0.6 is 11.6 Å². The summed E-state index contributed by atoms with van der Waals surface area (Å²) >= 11 is 5.66. The van der Waals surface area contributed by atoms with Gasteiger partial charge in [-0.25, -0.2) is 0 Å². The van der Waals surface area contributed by atoms with E-state index in [0.717, 1.165) is 30.8 Å². The number of aryl methyl sites for hydroxylation is 1. The van der Waals surface area contributed by atoms with E-state index >= 15 is 0 Å². The van der Waals surface area contributed by atoms with Crippen molar-refractivity contribution in [1.29, 1.82) is 0 Å². The lowest BCUT2D eigenvalue weighted by molar-refractivity contribution is -0.116. The molecule has 1 aromatic rings. The Kier molecular flexibility index (Phi) is 3.57. The molecule has 1 aliphatic rings. The number of ether oxygens (including phenoxy) is 1. The van der Waals surface area contributed by atoms with Crippen LogP contribution in [0, 0.1) is 6.92 Å². The molecule has 0 aliphatic carbocycles. The average Bonchev–Trinajstić information content (AvgIpc) is 2.38. The summed E-state index contributed by atoms with van der Waals surface area (Å²) in [6.45, 7) is 2.78. The number of halogens is 1. The molecule has 0 bridgehead atoms. The molecule has 1 heterocycles. The van der Waals surface area contributed by atoms with Gasteiger partial charge >= 0.3 is 0 Å². The third-order valence-electron chi connectivity index (χ3n) is 3.19. The van der Waals surface area contributed by atoms with Crippen molar-refractivity contribution < 1.29 is 9.53 Å². The first-order chi connectivity index (χ1) is 8.19. The van der Waals surface area contributed by atoms with Gasteiger partial charge in [0.2, 0.25) is 5.91 Å². The van der Waals surface area contributed by atoms with Crippen LogP contribution in [0.5, 0.6) is 5.75 Å². The predicted molar refractivity (Wildman–Crippen MR) is 69.1 cm³/mol. The van der Waals surface area contributed by atoms with E-state index in [4.69, 9.17) is 16.3 Å². The Bertz CT molecular complexity index is 445. The minimum absolute atomic E-state index is 0.0105. The fraction of sp³-hybridized carbons (Fsp3) is 0.462. The summed E-state index contributed by atoms with van der Waals surface area (Å²) in [7, 11) is 1.63. The lowest BCUT2D eigenvalue weighted by Gasteiger charge is -2.31. The first-order valence-electron chi connectivity index (χ1n) is 5.71. The smallest absolute Gasteiger partial charge is 0.242 e. The van der Waals surface area contributed by atoms with Gasteiger partial charge in [-0.3, -0.25) is 4.79 Å². The highest BCUT2D eigenvalue weighted by molar-refractivity contribution is 6.29. The molecule has 0 spiro atoms. The maximum atomic E-state index is 11.8. The Labute approximate surface area is 106 Å². The number of nitrogens with zero attached hydrogens (tertiary/aromatic N) is 1. The number of hydrogen-bond donors (Lipinski definition) is 0. The van der Waals surface area contributed by atoms with Gasteiger partial charge in [0.05, 0.1) is 12.8 Å². The molecule has 0 unspecified atom stereocenters. The summed E-state index contributed by atoms with van der Waals surface area (Å²) in [6.07, 6.45) is 1.97. The number of methoxy groups -OCH3 is 1. The number of rotatable bonds is 2. The maximum Gasteiger partial charge on any atom is 0.242 e. The molecular formula is C13H16ClNO2. The predicted octanol–water partition coefficient (Wildman–Crippen LogP) is 2.52. The third-order valence-corrected chi connectivity index (χ3v) is 3.42. The van der Waals surface area contributed by atoms with Crippen LogP contribution in [0.1, 0.15) is 17.5 Å². The summed E-state index contributed by atoms with van der Waals surface area (Å²) in [5.74, 6) is 0.705. The van der Waals surface area contributed by atoms with Gasteiger partial charge in [-0.05, 0) is 37.0 Å². The fourth-order valence-electron chi connectivity index (χ4n) is 2.34. The molecule has 17 heavy (non-hydrogen) atoms. The number of anilines is 1. The third kappa shape index (κ3) is 2.12. The van der Waals surface area contributed by atoms with E-state index in [0.29, 0.717) is 0 Å². The molecule has 0 atom stereocenters. The molecule has 2 rings (SSSR count). The van der Waals surface area contributed by atoms with Gasteiger partial charge < -0.3 is 9.64 Å². The van der Waals surface area contributed by atoms with E-state index in [1.165, 1.54) is 11.1 Å². The van der Waals surface area contributed by atoms with Gasteiger partial charge in [0, 0.05) is 6.54 Å². The molecule has 0 N–H and O–H groups in total. The second-order valence-electron chi connectivity index (χ2n) is 4.19. The second kappa shape index (κ2) is 4.96. The van der Waals surface area contributed by atoms with E-state index in [-0.39, 0.29) is 11.8 Å². The highest BCUT2D eigenvalue weighted by Gasteiger charge is 2.26. The van der Waals surface area contributed by atoms with Crippen LogP contribution in [0.15, 0.2) is 12.1 Å². The van der Waals surface area contributed by atoms with Gasteiger partial charge in [-0.15, -0.1) is 11.6 Å². The minimum Gasteiger partial charge on any atom is -0.495 e. The molecule has 3 nitrogen and oxygen atoms in total. The van der Waals surface area contributed by atoms with E-state index in [9.17, 15) is 4.79 Å². The number of alkyl halides is 1. The monoisotopic (exact) mass is 253 g/mol. The lowest BCUT2D eigenvalue weighted by atomic mass is 9.96. The van der Waals surface area contributed by atoms with Crippen LogP contribution in [0.4, 0.5) is 5.69 Å². The molecule has 4 heteroatoms. The molecule has 0 radical (unpaired) electrons. The highest BCUT2D eigenvalue weighted by atomic mass is 35.5. The van der Waals surface area contributed by atoms with Crippen molar-refractivity contribution in [2.24, 2.45) is 0 Å². The van der Waals surface area contributed by atoms with Gasteiger partial charge in [-0.2, -0.15) is 0 Å². The van der Waals surface area contributed by atoms with Crippen molar-refractivity contribution in [2.45, 2.75) is 19.8 Å². The van der Waals surface area contributed by atoms with Crippen LogP contribution in [-0.2, 0) is 11.2 Å². The number of hydrogen-bond acceptors (Lipinski definition) is 2. The number of benzene rings is 1. The van der Waals surface area contributed by atoms with Gasteiger partial charge in [0.25, 0.3) is 0 Å². The van der Waals surface area contributed by atoms with E-state index < -0.39 is 0 Å². The molecule has 0 fully saturated rings. The zero-order valence-corrected chi connectivity index (χ0v) is 10.9. The second-order valence-corrected chi connectivity index (χ2v) is 4.46. The van der Waals surface area contributed by atoms with Crippen LogP contribution in [0.25, 0.3) is 0 Å². The summed E-state index contributed by atoms with van der Waals surface area (Å²) < 4.78 is 5.36. The van der Waals surface area contributed by atoms with Crippen LogP contribution in [-0.4, -0.2) is 25.4 Å². The first kappa shape index (κ1) is 12.2. The van der Waals surface area contributed by atoms with Gasteiger partial charge in [0.1, 0.15) is 11.6 Å². The Hall–Kier alpha value is -1.22. The zero-order chi connectivity index (χ0) is 12.4. The average molecular weight is 254 g/mol. The maximum absolute atomic E-state index is 11.8. The summed E-state index contributed by atoms with van der Waals surface area (Å²) in [6, 6.07) is 3.94. The first-order valence-corrected chi connectivity index (χ1v) is 6.25. The standard InChI is InChI=1S/C13H16ClNO2/c1-9-5-6-11(17-2)13-10(9)4-3-7-15(13)12(16)8-14/h5-6H,3-4,7-8H2,1-2H3. The lowest BCUT2D eigenvalue weighted by Crippen LogP contribution is -2.36. The van der Waals surface area contributed by atoms with Crippen molar-refractivity contribution in [1.82, 2.24) is 0 Å². The largest absolute Gasteiger partial charge is 0.495 e. The van der Waals surface area contributed by atoms with Gasteiger partial charge in [-0.1, -0.05) is 6.07 Å². The number of amides is 1. The number of carbonyl (C=O) groups is 1. The van der Waals surface area contributed by atoms with Crippen molar-refractivity contribution in [3.05, 3.63) is 23.3 Å². The van der Waals surface area contributed by atoms with Gasteiger partial charge in [0.15, 0.2) is 0 Å². The van der Waals surface area contributed by atoms with Crippen molar-refractivity contribution >= 4 is 23.2 Å². The normalized spacial score (nSPS) is 14.4. The Balaban J connectivity index is 2.54. The molecule has 1 aliphatic heterocycles. The Morgan fingerprint density at radius 1 is 1.53 bits per heavy atom. The summed E-state index contributed by atoms with van der Waals surface area (Å²) in [4.78, 5) is 13.6. The summed E-state index contributed by atoms with van der Waals surface area (Å²) in [5, 5.41) is 0. The molecule has 92 valence electrons. The Morgan fingerprint density at radius 2 is 2.29 bits per heavy atom. The summed E-state index contributed by atoms with van der Waals surface area (Å²) in [5.41, 5.74) is 3.31. The fourth-order valence-corrected chi connectivity index (χ4v) is 2.48. The van der Waals surface area contributed by atoms with E-state index in [2.05, 4.69) is 6.92 Å². The Morgan fingerprint density at radius 3 is 2.94 bits per heavy atom. The highest BCUT2D eigenvalue weighted by Crippen LogP contribution is 2.38. The number of fused-ring (bicyclic) bond motifs is 1. The van der Waals surface area contributed by atoms with Crippen molar-refractivity contribution in [3.63, 3.8) is 0 Å². The molecule has 0 saturated carbocycles. The molecule has 0 aromatic heterocycles. The van der Waals surface area contributed by atoms with E-state index in [1.54, 1.807) is 12.0 Å². The topological polar surface area (TPSA) is 29.5 Å². The van der Waals surface area contributed by atoms with Crippen LogP contribution in [0.2, 0.25) is 0 Å². The molecular weight excluding hydrogens is 238 g/mol. The van der Waals surface area contributed by atoms with Crippen molar-refractivity contribution in [2.75, 3.05) is 24.4 Å². The zero-order valence-electron chi connectivity index (χ0n) is 10.1. The van der Waals surface area contributed by atoms with E-state index in [1.807, 2.05) is 12.1 Å². The molecule has 0 saturated heterocycles. The molecule has 1 amide bonds. The SMILES string of the molecule is COc1ccc(C)c2c1N(C(=O)CCl)CCC2.